The number of esters is 1. The summed E-state index contributed by atoms with van der Waals surface area (Å²) in [5, 5.41) is 10.9. The molecule has 1 fully saturated rings. The maximum Gasteiger partial charge on any atom is 0.310 e. The predicted molar refractivity (Wildman–Crippen MR) is 82.2 cm³/mol. The lowest BCUT2D eigenvalue weighted by Gasteiger charge is -2.32. The average Bonchev–Trinajstić information content (AvgIpc) is 2.48. The van der Waals surface area contributed by atoms with E-state index in [4.69, 9.17) is 16.3 Å². The molecule has 4 nitrogen and oxygen atoms in total. The van der Waals surface area contributed by atoms with Crippen molar-refractivity contribution < 1.29 is 14.6 Å². The van der Waals surface area contributed by atoms with Gasteiger partial charge >= 0.3 is 5.97 Å². The normalized spacial score (nSPS) is 21.0. The molecule has 1 N–H and O–H groups in total. The summed E-state index contributed by atoms with van der Waals surface area (Å²) in [6, 6.07) is 7.22. The van der Waals surface area contributed by atoms with E-state index in [0.717, 1.165) is 24.9 Å². The van der Waals surface area contributed by atoms with Crippen molar-refractivity contribution in [2.24, 2.45) is 5.92 Å². The first-order valence-corrected chi connectivity index (χ1v) is 7.80. The van der Waals surface area contributed by atoms with Gasteiger partial charge in [-0.3, -0.25) is 9.69 Å². The number of carbonyl (C=O) groups is 1. The number of carbonyl (C=O) groups excluding carboxylic acids is 1. The third-order valence-corrected chi connectivity index (χ3v) is 4.06. The van der Waals surface area contributed by atoms with Crippen LogP contribution in [0.5, 0.6) is 0 Å². The summed E-state index contributed by atoms with van der Waals surface area (Å²) in [5.74, 6) is -0.195. The molecule has 0 aromatic heterocycles. The number of halogens is 1. The van der Waals surface area contributed by atoms with E-state index < -0.39 is 6.10 Å². The highest BCUT2D eigenvalue weighted by atomic mass is 35.5. The highest BCUT2D eigenvalue weighted by Gasteiger charge is 2.27. The lowest BCUT2D eigenvalue weighted by Crippen LogP contribution is -2.41. The summed E-state index contributed by atoms with van der Waals surface area (Å²) in [7, 11) is 0. The van der Waals surface area contributed by atoms with Crippen LogP contribution in [0.2, 0.25) is 5.02 Å². The van der Waals surface area contributed by atoms with E-state index in [1.54, 1.807) is 12.1 Å². The summed E-state index contributed by atoms with van der Waals surface area (Å²) < 4.78 is 5.09. The number of rotatable bonds is 5. The van der Waals surface area contributed by atoms with Crippen molar-refractivity contribution in [1.82, 2.24) is 4.90 Å². The summed E-state index contributed by atoms with van der Waals surface area (Å²) in [6.45, 7) is 4.33. The van der Waals surface area contributed by atoms with Crippen molar-refractivity contribution >= 4 is 17.6 Å². The smallest absolute Gasteiger partial charge is 0.310 e. The summed E-state index contributed by atoms with van der Waals surface area (Å²) >= 11 is 5.85. The van der Waals surface area contributed by atoms with Gasteiger partial charge in [-0.2, -0.15) is 0 Å². The van der Waals surface area contributed by atoms with E-state index in [0.29, 0.717) is 24.7 Å². The Bertz CT molecular complexity index is 463. The molecule has 1 aliphatic rings. The lowest BCUT2D eigenvalue weighted by molar-refractivity contribution is -0.150. The molecule has 5 heteroatoms. The first-order valence-electron chi connectivity index (χ1n) is 7.42. The minimum atomic E-state index is -0.566. The van der Waals surface area contributed by atoms with Gasteiger partial charge in [-0.25, -0.2) is 0 Å². The van der Waals surface area contributed by atoms with E-state index >= 15 is 0 Å². The number of ether oxygens (including phenoxy) is 1. The van der Waals surface area contributed by atoms with E-state index in [1.807, 2.05) is 19.1 Å². The first-order chi connectivity index (χ1) is 10.1. The number of hydrogen-bond acceptors (Lipinski definition) is 4. The van der Waals surface area contributed by atoms with Crippen LogP contribution >= 0.6 is 11.6 Å². The fourth-order valence-corrected chi connectivity index (χ4v) is 2.83. The van der Waals surface area contributed by atoms with Crippen molar-refractivity contribution in [3.63, 3.8) is 0 Å². The molecule has 0 saturated carbocycles. The highest BCUT2D eigenvalue weighted by molar-refractivity contribution is 6.30. The van der Waals surface area contributed by atoms with Gasteiger partial charge in [-0.15, -0.1) is 0 Å². The monoisotopic (exact) mass is 311 g/mol. The van der Waals surface area contributed by atoms with Crippen LogP contribution < -0.4 is 0 Å². The molecule has 0 spiro atoms. The summed E-state index contributed by atoms with van der Waals surface area (Å²) in [5.41, 5.74) is 0.845. The van der Waals surface area contributed by atoms with Crippen LogP contribution in [0.1, 0.15) is 31.4 Å². The minimum absolute atomic E-state index is 0.0730. The van der Waals surface area contributed by atoms with E-state index in [9.17, 15) is 9.90 Å². The lowest BCUT2D eigenvalue weighted by atomic mass is 9.97. The molecule has 0 amide bonds. The van der Waals surface area contributed by atoms with Crippen molar-refractivity contribution in [1.29, 1.82) is 0 Å². The Hall–Kier alpha value is -1.10. The molecule has 0 radical (unpaired) electrons. The molecule has 0 bridgehead atoms. The SMILES string of the molecule is CCOC(=O)C1CCCN(CC(O)c2ccc(Cl)cc2)C1. The van der Waals surface area contributed by atoms with Gasteiger partial charge in [-0.05, 0) is 44.0 Å². The van der Waals surface area contributed by atoms with Crippen molar-refractivity contribution in [3.05, 3.63) is 34.9 Å². The Morgan fingerprint density at radius 2 is 2.19 bits per heavy atom. The second kappa shape index (κ2) is 7.78. The zero-order valence-electron chi connectivity index (χ0n) is 12.3. The zero-order valence-corrected chi connectivity index (χ0v) is 13.1. The number of aliphatic hydroxyl groups is 1. The van der Waals surface area contributed by atoms with Gasteiger partial charge in [0, 0.05) is 18.1 Å². The number of nitrogens with zero attached hydrogens (tertiary/aromatic N) is 1. The number of benzene rings is 1. The average molecular weight is 312 g/mol. The maximum atomic E-state index is 11.8. The molecule has 1 aromatic carbocycles. The molecule has 21 heavy (non-hydrogen) atoms. The Morgan fingerprint density at radius 1 is 1.48 bits per heavy atom. The topological polar surface area (TPSA) is 49.8 Å². The fourth-order valence-electron chi connectivity index (χ4n) is 2.71. The van der Waals surface area contributed by atoms with E-state index in [1.165, 1.54) is 0 Å². The first kappa shape index (κ1) is 16.3. The highest BCUT2D eigenvalue weighted by Crippen LogP contribution is 2.22. The van der Waals surface area contributed by atoms with Gasteiger partial charge in [-0.1, -0.05) is 23.7 Å². The van der Waals surface area contributed by atoms with E-state index in [2.05, 4.69) is 4.90 Å². The molecule has 2 rings (SSSR count). The molecule has 2 atom stereocenters. The van der Waals surface area contributed by atoms with Crippen molar-refractivity contribution in [2.45, 2.75) is 25.9 Å². The number of hydrogen-bond donors (Lipinski definition) is 1. The zero-order chi connectivity index (χ0) is 15.2. The Balaban J connectivity index is 1.89. The minimum Gasteiger partial charge on any atom is -0.466 e. The Labute approximate surface area is 130 Å². The third-order valence-electron chi connectivity index (χ3n) is 3.81. The third kappa shape index (κ3) is 4.70. The second-order valence-electron chi connectivity index (χ2n) is 5.42. The number of β-amino-alcohol motifs (C(OH)–C–C–N with tert-alkyl or cyclic N) is 1. The number of aliphatic hydroxyl groups excluding tert-OH is 1. The Kier molecular flexibility index (Phi) is 6.03. The van der Waals surface area contributed by atoms with Crippen LogP contribution in [-0.2, 0) is 9.53 Å². The van der Waals surface area contributed by atoms with Gasteiger partial charge in [0.15, 0.2) is 0 Å². The van der Waals surface area contributed by atoms with Crippen LogP contribution in [0.3, 0.4) is 0 Å². The van der Waals surface area contributed by atoms with Gasteiger partial charge in [0.05, 0.1) is 18.6 Å². The molecule has 1 saturated heterocycles. The van der Waals surface area contributed by atoms with Crippen LogP contribution in [0, 0.1) is 5.92 Å². The summed E-state index contributed by atoms with van der Waals surface area (Å²) in [4.78, 5) is 13.9. The van der Waals surface area contributed by atoms with Crippen LogP contribution in [0.4, 0.5) is 0 Å². The van der Waals surface area contributed by atoms with Gasteiger partial charge in [0.2, 0.25) is 0 Å². The Morgan fingerprint density at radius 3 is 2.86 bits per heavy atom. The fraction of sp³-hybridized carbons (Fsp3) is 0.562. The molecular weight excluding hydrogens is 290 g/mol. The second-order valence-corrected chi connectivity index (χ2v) is 5.85. The van der Waals surface area contributed by atoms with E-state index in [-0.39, 0.29) is 11.9 Å². The molecular formula is C16H22ClNO3. The van der Waals surface area contributed by atoms with Crippen LogP contribution in [0.25, 0.3) is 0 Å². The van der Waals surface area contributed by atoms with Crippen LogP contribution in [-0.4, -0.2) is 42.2 Å². The summed E-state index contributed by atoms with van der Waals surface area (Å²) in [6.07, 6.45) is 1.26. The molecule has 1 aromatic rings. The predicted octanol–water partition coefficient (Wildman–Crippen LogP) is 2.65. The maximum absolute atomic E-state index is 11.8. The van der Waals surface area contributed by atoms with Crippen molar-refractivity contribution in [2.75, 3.05) is 26.2 Å². The molecule has 116 valence electrons. The number of likely N-dealkylation sites (tertiary alicyclic amines) is 1. The van der Waals surface area contributed by atoms with Gasteiger partial charge < -0.3 is 9.84 Å². The quantitative estimate of drug-likeness (QED) is 0.849. The standard InChI is InChI=1S/C16H22ClNO3/c1-2-21-16(20)13-4-3-9-18(10-13)11-15(19)12-5-7-14(17)8-6-12/h5-8,13,15,19H,2-4,9-11H2,1H3. The largest absolute Gasteiger partial charge is 0.466 e. The van der Waals surface area contributed by atoms with Crippen LogP contribution in [0.15, 0.2) is 24.3 Å². The van der Waals surface area contributed by atoms with Gasteiger partial charge in [0.1, 0.15) is 0 Å². The molecule has 2 unspecified atom stereocenters. The molecule has 0 aliphatic carbocycles. The van der Waals surface area contributed by atoms with Crippen molar-refractivity contribution in [3.8, 4) is 0 Å². The number of piperidine rings is 1. The molecule has 1 aliphatic heterocycles. The molecule has 1 heterocycles. The van der Waals surface area contributed by atoms with Gasteiger partial charge in [0.25, 0.3) is 0 Å².